The SMILES string of the molecule is OCC1=C(C2=CCCCCC2)CC(Cl)C(Cl)(Cl)C(Cl)(Cl)C1(Cl)CO. The molecule has 2 unspecified atom stereocenters. The summed E-state index contributed by atoms with van der Waals surface area (Å²) in [4.78, 5) is -1.75. The van der Waals surface area contributed by atoms with Crippen LogP contribution in [-0.4, -0.2) is 42.3 Å². The lowest BCUT2D eigenvalue weighted by molar-refractivity contribution is 0.227. The summed E-state index contributed by atoms with van der Waals surface area (Å²) in [5, 5.41) is 19.1. The Labute approximate surface area is 172 Å². The molecule has 24 heavy (non-hydrogen) atoms. The molecule has 138 valence electrons. The largest absolute Gasteiger partial charge is 0.394 e. The second-order valence-corrected chi connectivity index (χ2v) is 10.2. The molecule has 2 nitrogen and oxygen atoms in total. The van der Waals surface area contributed by atoms with Crippen LogP contribution in [0.2, 0.25) is 0 Å². The van der Waals surface area contributed by atoms with Gasteiger partial charge in [-0.1, -0.05) is 58.9 Å². The van der Waals surface area contributed by atoms with Gasteiger partial charge in [0.1, 0.15) is 4.87 Å². The first kappa shape index (κ1) is 21.4. The van der Waals surface area contributed by atoms with Crippen LogP contribution < -0.4 is 0 Å². The molecule has 8 heteroatoms. The minimum Gasteiger partial charge on any atom is -0.394 e. The van der Waals surface area contributed by atoms with Crippen LogP contribution >= 0.6 is 69.6 Å². The molecule has 0 heterocycles. The van der Waals surface area contributed by atoms with Crippen molar-refractivity contribution in [3.63, 3.8) is 0 Å². The summed E-state index contributed by atoms with van der Waals surface area (Å²) in [6.07, 6.45) is 7.39. The summed E-state index contributed by atoms with van der Waals surface area (Å²) in [6.45, 7) is -1.07. The van der Waals surface area contributed by atoms with Crippen molar-refractivity contribution in [1.29, 1.82) is 0 Å². The maximum Gasteiger partial charge on any atom is 0.177 e. The molecule has 0 amide bonds. The monoisotopic (exact) mass is 454 g/mol. The maximum atomic E-state index is 10.0. The van der Waals surface area contributed by atoms with Gasteiger partial charge in [0.15, 0.2) is 8.67 Å². The Kier molecular flexibility index (Phi) is 7.17. The predicted octanol–water partition coefficient (Wildman–Crippen LogP) is 5.49. The average molecular weight is 457 g/mol. The number of hydrogen-bond acceptors (Lipinski definition) is 2. The van der Waals surface area contributed by atoms with Crippen LogP contribution in [0.15, 0.2) is 22.8 Å². The highest BCUT2D eigenvalue weighted by Crippen LogP contribution is 2.61. The van der Waals surface area contributed by atoms with E-state index in [0.29, 0.717) is 5.57 Å². The second kappa shape index (κ2) is 8.02. The zero-order valence-corrected chi connectivity index (χ0v) is 17.5. The van der Waals surface area contributed by atoms with Crippen molar-refractivity contribution < 1.29 is 10.2 Å². The standard InChI is InChI=1S/C16H20Cl6O2/c17-13-7-11(10-5-3-1-2-4-6-10)12(8-23)14(18,9-24)16(21,22)15(13,19)20/h5,13,23-24H,1-4,6-9H2. The van der Waals surface area contributed by atoms with Gasteiger partial charge >= 0.3 is 0 Å². The highest BCUT2D eigenvalue weighted by atomic mass is 35.5. The van der Waals surface area contributed by atoms with E-state index in [0.717, 1.165) is 43.3 Å². The molecule has 0 saturated heterocycles. The average Bonchev–Trinajstić information content (AvgIpc) is 2.83. The summed E-state index contributed by atoms with van der Waals surface area (Å²) in [7, 11) is 0. The van der Waals surface area contributed by atoms with E-state index in [2.05, 4.69) is 6.08 Å². The third-order valence-electron chi connectivity index (χ3n) is 4.84. The van der Waals surface area contributed by atoms with Gasteiger partial charge in [0.25, 0.3) is 0 Å². The van der Waals surface area contributed by atoms with Crippen molar-refractivity contribution in [3.8, 4) is 0 Å². The van der Waals surface area contributed by atoms with Gasteiger partial charge in [-0.2, -0.15) is 0 Å². The molecule has 0 aromatic carbocycles. The lowest BCUT2D eigenvalue weighted by Gasteiger charge is -2.44. The Hall–Kier alpha value is 1.14. The van der Waals surface area contributed by atoms with Gasteiger partial charge in [-0.05, 0) is 48.8 Å². The van der Waals surface area contributed by atoms with Gasteiger partial charge in [0, 0.05) is 0 Å². The van der Waals surface area contributed by atoms with Gasteiger partial charge in [-0.15, -0.1) is 23.2 Å². The summed E-state index contributed by atoms with van der Waals surface area (Å²) in [5.41, 5.74) is 2.12. The molecular formula is C16H20Cl6O2. The third-order valence-corrected chi connectivity index (χ3v) is 9.09. The van der Waals surface area contributed by atoms with Gasteiger partial charge < -0.3 is 10.2 Å². The van der Waals surface area contributed by atoms with Crippen LogP contribution in [0, 0.1) is 0 Å². The first-order valence-electron chi connectivity index (χ1n) is 7.85. The molecule has 0 aliphatic heterocycles. The van der Waals surface area contributed by atoms with E-state index in [1.54, 1.807) is 0 Å². The van der Waals surface area contributed by atoms with Crippen LogP contribution in [0.1, 0.15) is 38.5 Å². The fourth-order valence-electron chi connectivity index (χ4n) is 3.35. The number of halogens is 6. The molecular weight excluding hydrogens is 437 g/mol. The van der Waals surface area contributed by atoms with E-state index >= 15 is 0 Å². The summed E-state index contributed by atoms with van der Waals surface area (Å²) < 4.78 is -3.83. The molecule has 2 rings (SSSR count). The van der Waals surface area contributed by atoms with Crippen molar-refractivity contribution >= 4 is 69.6 Å². The maximum absolute atomic E-state index is 10.0. The molecule has 2 N–H and O–H groups in total. The second-order valence-electron chi connectivity index (χ2n) is 6.27. The van der Waals surface area contributed by atoms with E-state index in [4.69, 9.17) is 69.6 Å². The Balaban J connectivity index is 2.68. The molecule has 0 spiro atoms. The van der Waals surface area contributed by atoms with Crippen molar-refractivity contribution in [2.45, 2.75) is 57.4 Å². The molecule has 2 aliphatic carbocycles. The number of hydrogen-bond donors (Lipinski definition) is 2. The van der Waals surface area contributed by atoms with Gasteiger partial charge in [-0.25, -0.2) is 0 Å². The van der Waals surface area contributed by atoms with Gasteiger partial charge in [0.05, 0.1) is 18.6 Å². The van der Waals surface area contributed by atoms with Crippen LogP contribution in [0.5, 0.6) is 0 Å². The van der Waals surface area contributed by atoms with E-state index in [-0.39, 0.29) is 6.42 Å². The van der Waals surface area contributed by atoms with Crippen LogP contribution in [0.25, 0.3) is 0 Å². The van der Waals surface area contributed by atoms with Crippen LogP contribution in [0.4, 0.5) is 0 Å². The zero-order valence-electron chi connectivity index (χ0n) is 13.0. The Morgan fingerprint density at radius 3 is 2.29 bits per heavy atom. The van der Waals surface area contributed by atoms with Crippen molar-refractivity contribution in [1.82, 2.24) is 0 Å². The quantitative estimate of drug-likeness (QED) is 0.551. The Morgan fingerprint density at radius 2 is 1.71 bits per heavy atom. The van der Waals surface area contributed by atoms with E-state index in [9.17, 15) is 10.2 Å². The lowest BCUT2D eigenvalue weighted by atomic mass is 9.87. The minimum absolute atomic E-state index is 0.256. The normalized spacial score (nSPS) is 33.7. The van der Waals surface area contributed by atoms with Gasteiger partial charge in [0.2, 0.25) is 0 Å². The van der Waals surface area contributed by atoms with Crippen LogP contribution in [0.3, 0.4) is 0 Å². The number of aliphatic hydroxyl groups is 2. The Morgan fingerprint density at radius 1 is 1.04 bits per heavy atom. The molecule has 0 saturated carbocycles. The molecule has 0 aromatic rings. The molecule has 0 fully saturated rings. The molecule has 0 aromatic heterocycles. The Bertz CT molecular complexity index is 543. The van der Waals surface area contributed by atoms with Crippen LogP contribution in [-0.2, 0) is 0 Å². The summed E-state index contributed by atoms with van der Waals surface area (Å²) in [6, 6.07) is 0. The number of rotatable bonds is 3. The minimum atomic E-state index is -2.00. The zero-order chi connectivity index (χ0) is 18.2. The smallest absolute Gasteiger partial charge is 0.177 e. The lowest BCUT2D eigenvalue weighted by Crippen LogP contribution is -2.58. The van der Waals surface area contributed by atoms with E-state index in [1.807, 2.05) is 0 Å². The molecule has 2 aliphatic rings. The van der Waals surface area contributed by atoms with E-state index < -0.39 is 32.1 Å². The predicted molar refractivity (Wildman–Crippen MR) is 104 cm³/mol. The summed E-state index contributed by atoms with van der Waals surface area (Å²) >= 11 is 38.7. The van der Waals surface area contributed by atoms with Gasteiger partial charge in [-0.3, -0.25) is 0 Å². The highest BCUT2D eigenvalue weighted by Gasteiger charge is 2.66. The summed E-state index contributed by atoms with van der Waals surface area (Å²) in [5.74, 6) is 0. The van der Waals surface area contributed by atoms with Crippen molar-refractivity contribution in [2.75, 3.05) is 13.2 Å². The van der Waals surface area contributed by atoms with E-state index in [1.165, 1.54) is 0 Å². The fourth-order valence-corrected chi connectivity index (χ4v) is 5.29. The third kappa shape index (κ3) is 3.47. The fraction of sp³-hybridized carbons (Fsp3) is 0.750. The molecule has 0 bridgehead atoms. The highest BCUT2D eigenvalue weighted by molar-refractivity contribution is 6.67. The molecule has 2 atom stereocenters. The number of allylic oxidation sites excluding steroid dienone is 3. The number of aliphatic hydroxyl groups excluding tert-OH is 2. The topological polar surface area (TPSA) is 40.5 Å². The number of alkyl halides is 6. The molecule has 0 radical (unpaired) electrons. The van der Waals surface area contributed by atoms with Crippen molar-refractivity contribution in [2.24, 2.45) is 0 Å². The first-order valence-corrected chi connectivity index (χ1v) is 10.2. The van der Waals surface area contributed by atoms with Crippen molar-refractivity contribution in [3.05, 3.63) is 22.8 Å². The first-order chi connectivity index (χ1) is 11.1.